The van der Waals surface area contributed by atoms with Crippen LogP contribution in [-0.4, -0.2) is 46.0 Å². The summed E-state index contributed by atoms with van der Waals surface area (Å²) in [4.78, 5) is 15.6. The zero-order valence-corrected chi connectivity index (χ0v) is 18.0. The molecule has 0 spiro atoms. The molecular weight excluding hydrogens is 472 g/mol. The highest BCUT2D eigenvalue weighted by molar-refractivity contribution is 9.10. The fraction of sp³-hybridized carbons (Fsp3) is 0.267. The Kier molecular flexibility index (Phi) is 6.17. The van der Waals surface area contributed by atoms with Crippen molar-refractivity contribution in [3.63, 3.8) is 0 Å². The average Bonchev–Trinajstić information content (AvgIpc) is 3.31. The molecule has 0 bridgehead atoms. The number of rotatable bonds is 7. The topological polar surface area (TPSA) is 131 Å². The molecule has 0 unspecified atom stereocenters. The lowest BCUT2D eigenvalue weighted by molar-refractivity contribution is -0.115. The van der Waals surface area contributed by atoms with Crippen molar-refractivity contribution in [2.75, 3.05) is 12.4 Å². The summed E-state index contributed by atoms with van der Waals surface area (Å²) in [6.45, 7) is 1.54. The predicted molar refractivity (Wildman–Crippen MR) is 105 cm³/mol. The lowest BCUT2D eigenvalue weighted by Crippen LogP contribution is -2.26. The molecule has 0 aliphatic rings. The average molecular weight is 487 g/mol. The van der Waals surface area contributed by atoms with E-state index in [1.54, 1.807) is 6.92 Å². The van der Waals surface area contributed by atoms with Crippen molar-refractivity contribution in [1.82, 2.24) is 24.6 Å². The summed E-state index contributed by atoms with van der Waals surface area (Å²) in [5.74, 6) is 0.201. The molecule has 3 aromatic rings. The van der Waals surface area contributed by atoms with E-state index in [4.69, 9.17) is 4.52 Å². The minimum absolute atomic E-state index is 0.119. The van der Waals surface area contributed by atoms with Crippen LogP contribution in [0, 0.1) is 0 Å². The number of amides is 1. The molecule has 2 heterocycles. The number of nitrogens with one attached hydrogen (secondary N) is 1. The quantitative estimate of drug-likeness (QED) is 0.503. The zero-order valence-electron chi connectivity index (χ0n) is 14.8. The van der Waals surface area contributed by atoms with Gasteiger partial charge < -0.3 is 9.84 Å². The van der Waals surface area contributed by atoms with Crippen LogP contribution in [-0.2, 0) is 21.4 Å². The second kappa shape index (κ2) is 8.43. The molecule has 1 aromatic carbocycles. The molecular formula is C15H15BrN6O4S2. The summed E-state index contributed by atoms with van der Waals surface area (Å²) >= 11 is 4.14. The number of carbonyl (C=O) groups is 1. The summed E-state index contributed by atoms with van der Waals surface area (Å²) < 4.78 is 32.1. The Bertz CT molecular complexity index is 1100. The van der Waals surface area contributed by atoms with Crippen molar-refractivity contribution in [2.45, 2.75) is 24.2 Å². The van der Waals surface area contributed by atoms with Gasteiger partial charge in [0.1, 0.15) is 0 Å². The van der Waals surface area contributed by atoms with Crippen LogP contribution < -0.4 is 5.32 Å². The van der Waals surface area contributed by atoms with E-state index < -0.39 is 10.0 Å². The van der Waals surface area contributed by atoms with Crippen LogP contribution in [0.5, 0.6) is 0 Å². The zero-order chi connectivity index (χ0) is 20.3. The van der Waals surface area contributed by atoms with Gasteiger partial charge in [0, 0.05) is 23.5 Å². The van der Waals surface area contributed by atoms with Crippen molar-refractivity contribution < 1.29 is 17.7 Å². The highest BCUT2D eigenvalue weighted by Gasteiger charge is 2.27. The standard InChI is InChI=1S/C15H15BrN6O4S2/c1-3-11(23)17-14-19-20-15(27-14)28(24,25)22(2)8-12-18-13(21-26-12)9-5-4-6-10(16)7-9/h4-7H,3,8H2,1-2H3,(H,17,19,23). The van der Waals surface area contributed by atoms with E-state index in [0.717, 1.165) is 25.7 Å². The van der Waals surface area contributed by atoms with E-state index in [0.29, 0.717) is 5.82 Å². The molecule has 0 aliphatic carbocycles. The smallest absolute Gasteiger partial charge is 0.272 e. The fourth-order valence-corrected chi connectivity index (χ4v) is 4.67. The maximum atomic E-state index is 12.7. The molecule has 0 aliphatic heterocycles. The van der Waals surface area contributed by atoms with Crippen LogP contribution >= 0.6 is 27.3 Å². The van der Waals surface area contributed by atoms with E-state index in [9.17, 15) is 13.2 Å². The summed E-state index contributed by atoms with van der Waals surface area (Å²) in [6.07, 6.45) is 0.249. The van der Waals surface area contributed by atoms with Gasteiger partial charge in [0.15, 0.2) is 0 Å². The number of halogens is 1. The molecule has 2 aromatic heterocycles. The molecule has 148 valence electrons. The van der Waals surface area contributed by atoms with Crippen LogP contribution in [0.15, 0.2) is 37.6 Å². The van der Waals surface area contributed by atoms with Crippen LogP contribution in [0.4, 0.5) is 5.13 Å². The van der Waals surface area contributed by atoms with Gasteiger partial charge >= 0.3 is 0 Å². The maximum absolute atomic E-state index is 12.7. The lowest BCUT2D eigenvalue weighted by Gasteiger charge is -2.11. The second-order valence-corrected chi connectivity index (χ2v) is 9.67. The number of anilines is 1. The highest BCUT2D eigenvalue weighted by atomic mass is 79.9. The first-order valence-electron chi connectivity index (χ1n) is 7.98. The highest BCUT2D eigenvalue weighted by Crippen LogP contribution is 2.24. The first kappa shape index (κ1) is 20.5. The van der Waals surface area contributed by atoms with Gasteiger partial charge in [-0.15, -0.1) is 10.2 Å². The third-order valence-electron chi connectivity index (χ3n) is 3.51. The van der Waals surface area contributed by atoms with E-state index in [1.165, 1.54) is 7.05 Å². The van der Waals surface area contributed by atoms with Crippen LogP contribution in [0.1, 0.15) is 19.2 Å². The van der Waals surface area contributed by atoms with Gasteiger partial charge in [-0.2, -0.15) is 9.29 Å². The Labute approximate surface area is 173 Å². The molecule has 0 fully saturated rings. The summed E-state index contributed by atoms with van der Waals surface area (Å²) in [7, 11) is -2.56. The molecule has 10 nitrogen and oxygen atoms in total. The number of hydrogen-bond acceptors (Lipinski definition) is 9. The van der Waals surface area contributed by atoms with Gasteiger partial charge in [-0.1, -0.05) is 51.5 Å². The Morgan fingerprint density at radius 1 is 1.36 bits per heavy atom. The van der Waals surface area contributed by atoms with Gasteiger partial charge in [0.2, 0.25) is 27.1 Å². The number of nitrogens with zero attached hydrogens (tertiary/aromatic N) is 5. The minimum atomic E-state index is -3.93. The molecule has 0 radical (unpaired) electrons. The van der Waals surface area contributed by atoms with Crippen LogP contribution in [0.3, 0.4) is 0 Å². The first-order chi connectivity index (χ1) is 13.3. The number of carbonyl (C=O) groups excluding carboxylic acids is 1. The monoisotopic (exact) mass is 486 g/mol. The third-order valence-corrected chi connectivity index (χ3v) is 6.99. The molecule has 1 N–H and O–H groups in total. The Balaban J connectivity index is 1.73. The Morgan fingerprint density at radius 2 is 2.14 bits per heavy atom. The van der Waals surface area contributed by atoms with E-state index >= 15 is 0 Å². The van der Waals surface area contributed by atoms with Crippen molar-refractivity contribution in [1.29, 1.82) is 0 Å². The van der Waals surface area contributed by atoms with Gasteiger partial charge in [0.05, 0.1) is 6.54 Å². The molecule has 0 atom stereocenters. The van der Waals surface area contributed by atoms with Crippen LogP contribution in [0.25, 0.3) is 11.4 Å². The molecule has 3 rings (SSSR count). The molecule has 1 amide bonds. The number of sulfonamides is 1. The maximum Gasteiger partial charge on any atom is 0.272 e. The first-order valence-corrected chi connectivity index (χ1v) is 11.0. The van der Waals surface area contributed by atoms with Gasteiger partial charge in [-0.3, -0.25) is 4.79 Å². The number of hydrogen-bond donors (Lipinski definition) is 1. The van der Waals surface area contributed by atoms with Crippen LogP contribution in [0.2, 0.25) is 0 Å². The van der Waals surface area contributed by atoms with Crippen molar-refractivity contribution in [2.24, 2.45) is 0 Å². The van der Waals surface area contributed by atoms with Crippen molar-refractivity contribution in [3.8, 4) is 11.4 Å². The molecule has 13 heteroatoms. The largest absolute Gasteiger partial charge is 0.338 e. The normalized spacial score (nSPS) is 11.7. The number of aromatic nitrogens is 4. The Hall–Kier alpha value is -2.22. The summed E-state index contributed by atoms with van der Waals surface area (Å²) in [5.41, 5.74) is 0.732. The van der Waals surface area contributed by atoms with Gasteiger partial charge in [-0.05, 0) is 12.1 Å². The van der Waals surface area contributed by atoms with Crippen molar-refractivity contribution in [3.05, 3.63) is 34.6 Å². The lowest BCUT2D eigenvalue weighted by atomic mass is 10.2. The van der Waals surface area contributed by atoms with Crippen molar-refractivity contribution >= 4 is 48.3 Å². The predicted octanol–water partition coefficient (Wildman–Crippen LogP) is 2.52. The number of benzene rings is 1. The molecule has 28 heavy (non-hydrogen) atoms. The SMILES string of the molecule is CCC(=O)Nc1nnc(S(=O)(=O)N(C)Cc2nc(-c3cccc(Br)c3)no2)s1. The van der Waals surface area contributed by atoms with E-state index in [1.807, 2.05) is 24.3 Å². The van der Waals surface area contributed by atoms with E-state index in [2.05, 4.69) is 41.6 Å². The van der Waals surface area contributed by atoms with Gasteiger partial charge in [-0.25, -0.2) is 8.42 Å². The Morgan fingerprint density at radius 3 is 2.86 bits per heavy atom. The van der Waals surface area contributed by atoms with E-state index in [-0.39, 0.29) is 34.2 Å². The second-order valence-electron chi connectivity index (χ2n) is 5.56. The van der Waals surface area contributed by atoms with Gasteiger partial charge in [0.25, 0.3) is 10.0 Å². The summed E-state index contributed by atoms with van der Waals surface area (Å²) in [6, 6.07) is 7.33. The third kappa shape index (κ3) is 4.60. The summed E-state index contributed by atoms with van der Waals surface area (Å²) in [5, 5.41) is 13.8. The molecule has 0 saturated carbocycles. The minimum Gasteiger partial charge on any atom is -0.338 e. The molecule has 0 saturated heterocycles. The fourth-order valence-electron chi connectivity index (χ4n) is 2.04.